The standard InChI is InChI=1S/C15H30N2O/c1-11-9-17(10-13(11)16(4)5)12-7-6-8-15(2,3)14(12)18/h11-14,18H,6-10H2,1-5H3. The minimum atomic E-state index is -0.167. The highest BCUT2D eigenvalue weighted by Crippen LogP contribution is 2.39. The molecule has 1 aliphatic carbocycles. The summed E-state index contributed by atoms with van der Waals surface area (Å²) in [5, 5.41) is 10.6. The Hall–Kier alpha value is -0.120. The van der Waals surface area contributed by atoms with Gasteiger partial charge in [0.05, 0.1) is 6.10 Å². The zero-order valence-electron chi connectivity index (χ0n) is 12.7. The Morgan fingerprint density at radius 3 is 2.44 bits per heavy atom. The van der Waals surface area contributed by atoms with Gasteiger partial charge in [-0.1, -0.05) is 27.2 Å². The Labute approximate surface area is 112 Å². The molecule has 0 aromatic carbocycles. The second-order valence-corrected chi connectivity index (χ2v) is 7.36. The molecule has 0 radical (unpaired) electrons. The van der Waals surface area contributed by atoms with Gasteiger partial charge >= 0.3 is 0 Å². The zero-order chi connectivity index (χ0) is 13.5. The van der Waals surface area contributed by atoms with Crippen LogP contribution in [0.15, 0.2) is 0 Å². The van der Waals surface area contributed by atoms with E-state index >= 15 is 0 Å². The summed E-state index contributed by atoms with van der Waals surface area (Å²) in [4.78, 5) is 4.88. The number of aliphatic hydroxyl groups excluding tert-OH is 1. The van der Waals surface area contributed by atoms with Crippen molar-refractivity contribution in [3.8, 4) is 0 Å². The third kappa shape index (κ3) is 2.59. The SMILES string of the molecule is CC1CN(C2CCCC(C)(C)C2O)CC1N(C)C. The van der Waals surface area contributed by atoms with Crippen molar-refractivity contribution in [2.45, 2.75) is 58.2 Å². The Morgan fingerprint density at radius 2 is 1.89 bits per heavy atom. The van der Waals surface area contributed by atoms with Gasteiger partial charge in [0.15, 0.2) is 0 Å². The molecule has 0 aromatic heterocycles. The van der Waals surface area contributed by atoms with E-state index in [1.165, 1.54) is 6.42 Å². The third-order valence-electron chi connectivity index (χ3n) is 5.22. The van der Waals surface area contributed by atoms with Crippen LogP contribution >= 0.6 is 0 Å². The predicted molar refractivity (Wildman–Crippen MR) is 75.6 cm³/mol. The first kappa shape index (κ1) is 14.3. The van der Waals surface area contributed by atoms with Gasteiger partial charge in [-0.3, -0.25) is 4.90 Å². The van der Waals surface area contributed by atoms with E-state index in [4.69, 9.17) is 0 Å². The van der Waals surface area contributed by atoms with Crippen molar-refractivity contribution < 1.29 is 5.11 Å². The van der Waals surface area contributed by atoms with Gasteiger partial charge in [-0.15, -0.1) is 0 Å². The summed E-state index contributed by atoms with van der Waals surface area (Å²) in [6, 6.07) is 1.02. The molecule has 2 fully saturated rings. The van der Waals surface area contributed by atoms with Crippen LogP contribution in [0.4, 0.5) is 0 Å². The fourth-order valence-corrected chi connectivity index (χ4v) is 3.91. The van der Waals surface area contributed by atoms with Crippen LogP contribution in [-0.2, 0) is 0 Å². The number of likely N-dealkylation sites (N-methyl/N-ethyl adjacent to an activating group) is 1. The second kappa shape index (κ2) is 5.10. The molecule has 3 heteroatoms. The average molecular weight is 254 g/mol. The lowest BCUT2D eigenvalue weighted by atomic mass is 9.72. The van der Waals surface area contributed by atoms with E-state index < -0.39 is 0 Å². The fraction of sp³-hybridized carbons (Fsp3) is 1.00. The highest BCUT2D eigenvalue weighted by Gasteiger charge is 2.43. The maximum atomic E-state index is 10.6. The van der Waals surface area contributed by atoms with Crippen LogP contribution in [0, 0.1) is 11.3 Å². The summed E-state index contributed by atoms with van der Waals surface area (Å²) in [5.41, 5.74) is 0.0857. The smallest absolute Gasteiger partial charge is 0.0746 e. The van der Waals surface area contributed by atoms with Gasteiger partial charge in [-0.05, 0) is 38.3 Å². The summed E-state index contributed by atoms with van der Waals surface area (Å²) in [7, 11) is 4.35. The van der Waals surface area contributed by atoms with Crippen LogP contribution in [0.1, 0.15) is 40.0 Å². The summed E-state index contributed by atoms with van der Waals surface area (Å²) in [6.45, 7) is 9.02. The maximum absolute atomic E-state index is 10.6. The van der Waals surface area contributed by atoms with Crippen LogP contribution in [-0.4, -0.2) is 60.3 Å². The van der Waals surface area contributed by atoms with Gasteiger partial charge in [-0.25, -0.2) is 0 Å². The van der Waals surface area contributed by atoms with E-state index in [0.29, 0.717) is 18.0 Å². The van der Waals surface area contributed by atoms with Gasteiger partial charge in [-0.2, -0.15) is 0 Å². The lowest BCUT2D eigenvalue weighted by molar-refractivity contribution is -0.0526. The van der Waals surface area contributed by atoms with Crippen molar-refractivity contribution in [3.05, 3.63) is 0 Å². The average Bonchev–Trinajstić information content (AvgIpc) is 2.64. The van der Waals surface area contributed by atoms with Crippen molar-refractivity contribution in [3.63, 3.8) is 0 Å². The van der Waals surface area contributed by atoms with Crippen LogP contribution in [0.3, 0.4) is 0 Å². The minimum Gasteiger partial charge on any atom is -0.391 e. The summed E-state index contributed by atoms with van der Waals surface area (Å²) in [5.74, 6) is 0.706. The van der Waals surface area contributed by atoms with Gasteiger partial charge < -0.3 is 10.0 Å². The Kier molecular flexibility index (Phi) is 4.05. The molecular formula is C15H30N2O. The van der Waals surface area contributed by atoms with Crippen molar-refractivity contribution in [2.75, 3.05) is 27.2 Å². The molecule has 2 rings (SSSR count). The minimum absolute atomic E-state index is 0.0857. The number of hydrogen-bond acceptors (Lipinski definition) is 3. The summed E-state index contributed by atoms with van der Waals surface area (Å²) >= 11 is 0. The lowest BCUT2D eigenvalue weighted by Crippen LogP contribution is -2.52. The van der Waals surface area contributed by atoms with E-state index in [1.807, 2.05) is 0 Å². The van der Waals surface area contributed by atoms with Gasteiger partial charge in [0.2, 0.25) is 0 Å². The van der Waals surface area contributed by atoms with Crippen LogP contribution < -0.4 is 0 Å². The monoisotopic (exact) mass is 254 g/mol. The molecule has 4 atom stereocenters. The predicted octanol–water partition coefficient (Wildman–Crippen LogP) is 1.81. The molecule has 1 heterocycles. The molecule has 3 nitrogen and oxygen atoms in total. The third-order valence-corrected chi connectivity index (χ3v) is 5.22. The molecule has 1 saturated heterocycles. The number of nitrogens with zero attached hydrogens (tertiary/aromatic N) is 2. The number of likely N-dealkylation sites (tertiary alicyclic amines) is 1. The molecule has 4 unspecified atom stereocenters. The van der Waals surface area contributed by atoms with Crippen LogP contribution in [0.2, 0.25) is 0 Å². The Balaban J connectivity index is 2.04. The van der Waals surface area contributed by atoms with E-state index in [-0.39, 0.29) is 11.5 Å². The first-order valence-corrected chi connectivity index (χ1v) is 7.41. The van der Waals surface area contributed by atoms with E-state index in [0.717, 1.165) is 25.9 Å². The first-order chi connectivity index (χ1) is 8.33. The van der Waals surface area contributed by atoms with Gasteiger partial charge in [0.25, 0.3) is 0 Å². The van der Waals surface area contributed by atoms with Crippen LogP contribution in [0.5, 0.6) is 0 Å². The molecule has 18 heavy (non-hydrogen) atoms. The van der Waals surface area contributed by atoms with Crippen molar-refractivity contribution in [1.82, 2.24) is 9.80 Å². The zero-order valence-corrected chi connectivity index (χ0v) is 12.7. The lowest BCUT2D eigenvalue weighted by Gasteiger charge is -2.44. The number of hydrogen-bond donors (Lipinski definition) is 1. The molecular weight excluding hydrogens is 224 g/mol. The van der Waals surface area contributed by atoms with Crippen molar-refractivity contribution in [2.24, 2.45) is 11.3 Å². The highest BCUT2D eigenvalue weighted by atomic mass is 16.3. The van der Waals surface area contributed by atoms with Gasteiger partial charge in [0.1, 0.15) is 0 Å². The van der Waals surface area contributed by atoms with Crippen molar-refractivity contribution >= 4 is 0 Å². The van der Waals surface area contributed by atoms with E-state index in [9.17, 15) is 5.11 Å². The first-order valence-electron chi connectivity index (χ1n) is 7.41. The molecule has 2 aliphatic rings. The maximum Gasteiger partial charge on any atom is 0.0746 e. The fourth-order valence-electron chi connectivity index (χ4n) is 3.91. The van der Waals surface area contributed by atoms with Crippen molar-refractivity contribution in [1.29, 1.82) is 0 Å². The largest absolute Gasteiger partial charge is 0.391 e. The highest BCUT2D eigenvalue weighted by molar-refractivity contribution is 4.98. The second-order valence-electron chi connectivity index (χ2n) is 7.36. The quantitative estimate of drug-likeness (QED) is 0.814. The van der Waals surface area contributed by atoms with Gasteiger partial charge in [0, 0.05) is 25.2 Å². The van der Waals surface area contributed by atoms with E-state index in [2.05, 4.69) is 44.7 Å². The molecule has 0 aromatic rings. The normalized spacial score (nSPS) is 41.5. The molecule has 1 aliphatic heterocycles. The molecule has 0 bridgehead atoms. The number of rotatable bonds is 2. The number of aliphatic hydroxyl groups is 1. The molecule has 1 N–H and O–H groups in total. The summed E-state index contributed by atoms with van der Waals surface area (Å²) in [6.07, 6.45) is 3.41. The summed E-state index contributed by atoms with van der Waals surface area (Å²) < 4.78 is 0. The molecule has 1 saturated carbocycles. The van der Waals surface area contributed by atoms with E-state index in [1.54, 1.807) is 0 Å². The Morgan fingerprint density at radius 1 is 1.22 bits per heavy atom. The Bertz CT molecular complexity index is 290. The topological polar surface area (TPSA) is 26.7 Å². The molecule has 0 spiro atoms. The van der Waals surface area contributed by atoms with Crippen LogP contribution in [0.25, 0.3) is 0 Å². The molecule has 106 valence electrons. The molecule has 0 amide bonds.